The molecule has 2 atom stereocenters. The van der Waals surface area contributed by atoms with Gasteiger partial charge in [-0.3, -0.25) is 0 Å². The van der Waals surface area contributed by atoms with Crippen LogP contribution in [0.4, 0.5) is 0 Å². The first-order valence-electron chi connectivity index (χ1n) is 7.40. The highest BCUT2D eigenvalue weighted by molar-refractivity contribution is 7.11. The van der Waals surface area contributed by atoms with Crippen molar-refractivity contribution in [1.82, 2.24) is 10.3 Å². The molecule has 1 aromatic heterocycles. The van der Waals surface area contributed by atoms with Crippen LogP contribution in [0.5, 0.6) is 0 Å². The van der Waals surface area contributed by atoms with Gasteiger partial charge in [-0.05, 0) is 37.5 Å². The molecule has 0 fully saturated rings. The van der Waals surface area contributed by atoms with E-state index in [2.05, 4.69) is 26.1 Å². The number of fused-ring (bicyclic) bond motifs is 1. The van der Waals surface area contributed by atoms with Gasteiger partial charge in [-0.2, -0.15) is 0 Å². The van der Waals surface area contributed by atoms with Crippen molar-refractivity contribution in [3.63, 3.8) is 0 Å². The smallest absolute Gasteiger partial charge is 0.107 e. The van der Waals surface area contributed by atoms with Crippen LogP contribution < -0.4 is 5.32 Å². The van der Waals surface area contributed by atoms with E-state index in [0.29, 0.717) is 5.92 Å². The monoisotopic (exact) mass is 282 g/mol. The summed E-state index contributed by atoms with van der Waals surface area (Å²) in [7, 11) is 0. The van der Waals surface area contributed by atoms with Crippen LogP contribution in [-0.4, -0.2) is 22.7 Å². The van der Waals surface area contributed by atoms with E-state index in [-0.39, 0.29) is 12.6 Å². The molecule has 0 saturated carbocycles. The number of aliphatic hydroxyl groups excluding tert-OH is 1. The molecule has 0 radical (unpaired) electrons. The summed E-state index contributed by atoms with van der Waals surface area (Å²) in [6.45, 7) is 7.71. The van der Waals surface area contributed by atoms with Gasteiger partial charge in [0, 0.05) is 17.5 Å². The fourth-order valence-corrected chi connectivity index (χ4v) is 3.92. The van der Waals surface area contributed by atoms with Crippen molar-refractivity contribution in [2.24, 2.45) is 11.8 Å². The van der Waals surface area contributed by atoms with E-state index in [9.17, 15) is 5.11 Å². The van der Waals surface area contributed by atoms with Crippen LogP contribution in [-0.2, 0) is 19.4 Å². The summed E-state index contributed by atoms with van der Waals surface area (Å²) in [5, 5.41) is 14.0. The standard InChI is InChI=1S/C15H26N2OS/c1-10(2)6-12(9-18)16-8-15-17-13-5-4-11(3)7-14(13)19-15/h10-12,16,18H,4-9H2,1-3H3. The summed E-state index contributed by atoms with van der Waals surface area (Å²) in [5.74, 6) is 1.41. The maximum Gasteiger partial charge on any atom is 0.107 e. The predicted molar refractivity (Wildman–Crippen MR) is 80.5 cm³/mol. The number of aryl methyl sites for hydroxylation is 1. The number of thiazole rings is 1. The minimum absolute atomic E-state index is 0.194. The van der Waals surface area contributed by atoms with Gasteiger partial charge in [0.15, 0.2) is 0 Å². The Morgan fingerprint density at radius 2 is 2.26 bits per heavy atom. The first-order chi connectivity index (χ1) is 9.08. The molecule has 19 heavy (non-hydrogen) atoms. The molecule has 1 heterocycles. The third kappa shape index (κ3) is 4.26. The average Bonchev–Trinajstić information content (AvgIpc) is 2.75. The molecule has 0 amide bonds. The molecule has 2 N–H and O–H groups in total. The minimum atomic E-state index is 0.194. The quantitative estimate of drug-likeness (QED) is 0.843. The number of aliphatic hydroxyl groups is 1. The molecule has 2 unspecified atom stereocenters. The first kappa shape index (κ1) is 14.9. The lowest BCUT2D eigenvalue weighted by molar-refractivity contribution is 0.223. The summed E-state index contributed by atoms with van der Waals surface area (Å²) in [6, 6.07) is 0.194. The van der Waals surface area contributed by atoms with Gasteiger partial charge in [-0.15, -0.1) is 11.3 Å². The summed E-state index contributed by atoms with van der Waals surface area (Å²) < 4.78 is 0. The van der Waals surface area contributed by atoms with Crippen molar-refractivity contribution >= 4 is 11.3 Å². The lowest BCUT2D eigenvalue weighted by Crippen LogP contribution is -2.33. The van der Waals surface area contributed by atoms with Gasteiger partial charge < -0.3 is 10.4 Å². The van der Waals surface area contributed by atoms with Crippen molar-refractivity contribution < 1.29 is 5.11 Å². The van der Waals surface area contributed by atoms with Crippen LogP contribution in [0.25, 0.3) is 0 Å². The largest absolute Gasteiger partial charge is 0.395 e. The van der Waals surface area contributed by atoms with E-state index in [1.165, 1.54) is 28.4 Å². The third-order valence-electron chi connectivity index (χ3n) is 3.75. The number of nitrogens with one attached hydrogen (secondary N) is 1. The molecule has 108 valence electrons. The van der Waals surface area contributed by atoms with Gasteiger partial charge in [0.05, 0.1) is 12.3 Å². The number of nitrogens with zero attached hydrogens (tertiary/aromatic N) is 1. The van der Waals surface area contributed by atoms with Crippen LogP contribution in [0.2, 0.25) is 0 Å². The van der Waals surface area contributed by atoms with Crippen LogP contribution in [0.15, 0.2) is 0 Å². The zero-order valence-electron chi connectivity index (χ0n) is 12.3. The molecule has 2 rings (SSSR count). The molecule has 0 spiro atoms. The van der Waals surface area contributed by atoms with Gasteiger partial charge in [0.2, 0.25) is 0 Å². The number of aromatic nitrogens is 1. The second-order valence-corrected chi connectivity index (χ2v) is 7.38. The average molecular weight is 282 g/mol. The molecular formula is C15H26N2OS. The van der Waals surface area contributed by atoms with Crippen LogP contribution in [0.3, 0.4) is 0 Å². The highest BCUT2D eigenvalue weighted by Gasteiger charge is 2.20. The molecule has 1 aliphatic rings. The van der Waals surface area contributed by atoms with E-state index in [1.807, 2.05) is 11.3 Å². The molecule has 0 aliphatic heterocycles. The number of hydrogen-bond donors (Lipinski definition) is 2. The first-order valence-corrected chi connectivity index (χ1v) is 8.21. The topological polar surface area (TPSA) is 45.1 Å². The van der Waals surface area contributed by atoms with Gasteiger partial charge in [0.25, 0.3) is 0 Å². The lowest BCUT2D eigenvalue weighted by atomic mass is 9.93. The summed E-state index contributed by atoms with van der Waals surface area (Å²) in [5.41, 5.74) is 1.32. The Kier molecular flexibility index (Phi) is 5.37. The van der Waals surface area contributed by atoms with E-state index in [1.54, 1.807) is 0 Å². The maximum absolute atomic E-state index is 9.37. The SMILES string of the molecule is CC(C)CC(CO)NCc1nc2c(s1)CC(C)CC2. The van der Waals surface area contributed by atoms with E-state index >= 15 is 0 Å². The van der Waals surface area contributed by atoms with Crippen LogP contribution in [0.1, 0.15) is 49.2 Å². The second-order valence-electron chi connectivity index (χ2n) is 6.22. The number of hydrogen-bond acceptors (Lipinski definition) is 4. The molecule has 4 heteroatoms. The van der Waals surface area contributed by atoms with Crippen molar-refractivity contribution in [3.8, 4) is 0 Å². The van der Waals surface area contributed by atoms with E-state index < -0.39 is 0 Å². The van der Waals surface area contributed by atoms with Gasteiger partial charge >= 0.3 is 0 Å². The zero-order chi connectivity index (χ0) is 13.8. The lowest BCUT2D eigenvalue weighted by Gasteiger charge is -2.17. The zero-order valence-corrected chi connectivity index (χ0v) is 13.1. The molecular weight excluding hydrogens is 256 g/mol. The second kappa shape index (κ2) is 6.82. The highest BCUT2D eigenvalue weighted by atomic mass is 32.1. The summed E-state index contributed by atoms with van der Waals surface area (Å²) in [4.78, 5) is 6.23. The Balaban J connectivity index is 1.89. The van der Waals surface area contributed by atoms with Gasteiger partial charge in [0.1, 0.15) is 5.01 Å². The van der Waals surface area contributed by atoms with Crippen molar-refractivity contribution in [2.75, 3.05) is 6.61 Å². The summed E-state index contributed by atoms with van der Waals surface area (Å²) in [6.07, 6.45) is 4.62. The van der Waals surface area contributed by atoms with Crippen LogP contribution in [0, 0.1) is 11.8 Å². The molecule has 0 aromatic carbocycles. The summed E-state index contributed by atoms with van der Waals surface area (Å²) >= 11 is 1.86. The molecule has 1 aliphatic carbocycles. The molecule has 3 nitrogen and oxygen atoms in total. The predicted octanol–water partition coefficient (Wildman–Crippen LogP) is 2.76. The van der Waals surface area contributed by atoms with Gasteiger partial charge in [-0.1, -0.05) is 20.8 Å². The van der Waals surface area contributed by atoms with Crippen molar-refractivity contribution in [1.29, 1.82) is 0 Å². The Labute approximate surface area is 120 Å². The Morgan fingerprint density at radius 1 is 1.47 bits per heavy atom. The molecule has 0 bridgehead atoms. The Morgan fingerprint density at radius 3 is 2.95 bits per heavy atom. The van der Waals surface area contributed by atoms with E-state index in [0.717, 1.165) is 25.3 Å². The Bertz CT molecular complexity index is 403. The van der Waals surface area contributed by atoms with Gasteiger partial charge in [-0.25, -0.2) is 4.98 Å². The highest BCUT2D eigenvalue weighted by Crippen LogP contribution is 2.29. The third-order valence-corrected chi connectivity index (χ3v) is 4.87. The van der Waals surface area contributed by atoms with E-state index in [4.69, 9.17) is 4.98 Å². The molecule has 1 aromatic rings. The maximum atomic E-state index is 9.37. The Hall–Kier alpha value is -0.450. The van der Waals surface area contributed by atoms with Crippen molar-refractivity contribution in [2.45, 2.75) is 59.0 Å². The van der Waals surface area contributed by atoms with Crippen LogP contribution >= 0.6 is 11.3 Å². The fourth-order valence-electron chi connectivity index (χ4n) is 2.69. The normalized spacial score (nSPS) is 20.6. The minimum Gasteiger partial charge on any atom is -0.395 e. The van der Waals surface area contributed by atoms with Crippen molar-refractivity contribution in [3.05, 3.63) is 15.6 Å². The number of rotatable bonds is 6. The fraction of sp³-hybridized carbons (Fsp3) is 0.800. The molecule has 0 saturated heterocycles.